The van der Waals surface area contributed by atoms with E-state index in [1.165, 1.54) is 5.56 Å². The first-order valence-electron chi connectivity index (χ1n) is 7.23. The van der Waals surface area contributed by atoms with Crippen LogP contribution in [0.3, 0.4) is 0 Å². The van der Waals surface area contributed by atoms with Gasteiger partial charge in [-0.15, -0.1) is 0 Å². The Balaban J connectivity index is 2.05. The molecule has 0 spiro atoms. The lowest BCUT2D eigenvalue weighted by Gasteiger charge is -2.15. The molecule has 0 aromatic heterocycles. The predicted octanol–water partition coefficient (Wildman–Crippen LogP) is 4.19. The summed E-state index contributed by atoms with van der Waals surface area (Å²) in [5.41, 5.74) is 2.98. The third kappa shape index (κ3) is 4.93. The van der Waals surface area contributed by atoms with Gasteiger partial charge in [0.25, 0.3) is 0 Å². The Kier molecular flexibility index (Phi) is 5.78. The molecule has 2 rings (SSSR count). The van der Waals surface area contributed by atoms with Gasteiger partial charge in [-0.05, 0) is 42.2 Å². The fourth-order valence-corrected chi connectivity index (χ4v) is 3.87. The van der Waals surface area contributed by atoms with Crippen LogP contribution in [0.2, 0.25) is 0 Å². The van der Waals surface area contributed by atoms with Crippen molar-refractivity contribution in [1.29, 1.82) is 0 Å². The number of benzene rings is 2. The molecule has 0 saturated heterocycles. The van der Waals surface area contributed by atoms with Crippen LogP contribution >= 0.6 is 15.9 Å². The van der Waals surface area contributed by atoms with Crippen molar-refractivity contribution in [2.24, 2.45) is 0 Å². The van der Waals surface area contributed by atoms with E-state index in [0.717, 1.165) is 22.0 Å². The molecule has 0 aliphatic carbocycles. The van der Waals surface area contributed by atoms with E-state index in [-0.39, 0.29) is 11.8 Å². The normalized spacial score (nSPS) is 13.0. The molecule has 1 N–H and O–H groups in total. The Morgan fingerprint density at radius 1 is 1.00 bits per heavy atom. The summed E-state index contributed by atoms with van der Waals surface area (Å²) in [7, 11) is -3.38. The fourth-order valence-electron chi connectivity index (χ4n) is 2.22. The topological polar surface area (TPSA) is 46.2 Å². The van der Waals surface area contributed by atoms with Gasteiger partial charge in [0.05, 0.1) is 5.75 Å². The molecule has 2 aromatic rings. The van der Waals surface area contributed by atoms with Gasteiger partial charge in [-0.1, -0.05) is 59.3 Å². The Bertz CT molecular complexity index is 709. The minimum atomic E-state index is -3.38. The molecule has 0 aliphatic rings. The number of rotatable bonds is 6. The van der Waals surface area contributed by atoms with E-state index < -0.39 is 10.0 Å². The Morgan fingerprint density at radius 2 is 1.55 bits per heavy atom. The maximum absolute atomic E-state index is 12.3. The molecule has 0 radical (unpaired) electrons. The van der Waals surface area contributed by atoms with Crippen molar-refractivity contribution in [3.63, 3.8) is 0 Å². The van der Waals surface area contributed by atoms with Crippen LogP contribution in [0, 0.1) is 0 Å². The lowest BCUT2D eigenvalue weighted by molar-refractivity contribution is 0.566. The van der Waals surface area contributed by atoms with E-state index in [9.17, 15) is 8.42 Å². The number of hydrogen-bond acceptors (Lipinski definition) is 2. The van der Waals surface area contributed by atoms with Gasteiger partial charge in [-0.25, -0.2) is 13.1 Å². The van der Waals surface area contributed by atoms with E-state index in [2.05, 4.69) is 27.6 Å². The predicted molar refractivity (Wildman–Crippen MR) is 94.1 cm³/mol. The van der Waals surface area contributed by atoms with Crippen molar-refractivity contribution in [1.82, 2.24) is 4.72 Å². The van der Waals surface area contributed by atoms with Crippen molar-refractivity contribution in [3.8, 4) is 0 Å². The highest BCUT2D eigenvalue weighted by Gasteiger charge is 2.16. The maximum atomic E-state index is 12.3. The summed E-state index contributed by atoms with van der Waals surface area (Å²) in [5.74, 6) is -0.0162. The summed E-state index contributed by atoms with van der Waals surface area (Å²) < 4.78 is 28.2. The first-order chi connectivity index (χ1) is 10.4. The summed E-state index contributed by atoms with van der Waals surface area (Å²) in [4.78, 5) is 0. The van der Waals surface area contributed by atoms with Crippen LogP contribution in [0.15, 0.2) is 53.0 Å². The van der Waals surface area contributed by atoms with E-state index >= 15 is 0 Å². The van der Waals surface area contributed by atoms with Gasteiger partial charge < -0.3 is 0 Å². The van der Waals surface area contributed by atoms with Crippen LogP contribution in [0.4, 0.5) is 0 Å². The lowest BCUT2D eigenvalue weighted by Crippen LogP contribution is -2.28. The van der Waals surface area contributed by atoms with Gasteiger partial charge in [0.2, 0.25) is 10.0 Å². The molecule has 0 amide bonds. The second-order valence-corrected chi connectivity index (χ2v) is 7.99. The van der Waals surface area contributed by atoms with Gasteiger partial charge in [0, 0.05) is 10.5 Å². The maximum Gasteiger partial charge on any atom is 0.216 e. The molecule has 3 nitrogen and oxygen atoms in total. The summed E-state index contributed by atoms with van der Waals surface area (Å²) in [6.45, 7) is 3.96. The zero-order valence-corrected chi connectivity index (χ0v) is 15.1. The van der Waals surface area contributed by atoms with E-state index in [1.54, 1.807) is 0 Å². The monoisotopic (exact) mass is 381 g/mol. The summed E-state index contributed by atoms with van der Waals surface area (Å²) >= 11 is 3.34. The number of sulfonamides is 1. The minimum absolute atomic E-state index is 0.0162. The van der Waals surface area contributed by atoms with Crippen LogP contribution in [0.1, 0.15) is 36.6 Å². The van der Waals surface area contributed by atoms with Crippen LogP contribution < -0.4 is 4.72 Å². The van der Waals surface area contributed by atoms with Crippen LogP contribution in [-0.2, 0) is 22.2 Å². The molecule has 0 aliphatic heterocycles. The molecule has 0 saturated carbocycles. The van der Waals surface area contributed by atoms with Crippen molar-refractivity contribution in [2.45, 2.75) is 32.1 Å². The van der Waals surface area contributed by atoms with Gasteiger partial charge in [-0.2, -0.15) is 0 Å². The molecule has 2 aromatic carbocycles. The quantitative estimate of drug-likeness (QED) is 0.814. The second-order valence-electron chi connectivity index (χ2n) is 5.32. The Hall–Kier alpha value is -1.17. The summed E-state index contributed by atoms with van der Waals surface area (Å²) in [6, 6.07) is 15.1. The van der Waals surface area contributed by atoms with Gasteiger partial charge in [0.15, 0.2) is 0 Å². The van der Waals surface area contributed by atoms with Crippen LogP contribution in [0.25, 0.3) is 0 Å². The molecule has 0 heterocycles. The molecular weight excluding hydrogens is 362 g/mol. The van der Waals surface area contributed by atoms with Crippen molar-refractivity contribution in [3.05, 3.63) is 69.7 Å². The summed E-state index contributed by atoms with van der Waals surface area (Å²) in [5, 5.41) is 0. The average Bonchev–Trinajstić information content (AvgIpc) is 2.49. The SMILES string of the molecule is CCc1ccc([C@H](C)NS(=O)(=O)Cc2ccc(Br)cc2)cc1. The third-order valence-electron chi connectivity index (χ3n) is 3.51. The Labute approximate surface area is 140 Å². The highest BCUT2D eigenvalue weighted by atomic mass is 79.9. The first kappa shape index (κ1) is 17.2. The number of aryl methyl sites for hydroxylation is 1. The average molecular weight is 382 g/mol. The fraction of sp³-hybridized carbons (Fsp3) is 0.294. The number of halogens is 1. The van der Waals surface area contributed by atoms with Gasteiger partial charge in [-0.3, -0.25) is 0 Å². The van der Waals surface area contributed by atoms with Crippen LogP contribution in [0.5, 0.6) is 0 Å². The lowest BCUT2D eigenvalue weighted by atomic mass is 10.1. The minimum Gasteiger partial charge on any atom is -0.212 e. The third-order valence-corrected chi connectivity index (χ3v) is 5.47. The molecule has 22 heavy (non-hydrogen) atoms. The number of hydrogen-bond donors (Lipinski definition) is 1. The van der Waals surface area contributed by atoms with E-state index in [4.69, 9.17) is 0 Å². The van der Waals surface area contributed by atoms with Gasteiger partial charge in [0.1, 0.15) is 0 Å². The van der Waals surface area contributed by atoms with Gasteiger partial charge >= 0.3 is 0 Å². The second kappa shape index (κ2) is 7.40. The Morgan fingerprint density at radius 3 is 2.09 bits per heavy atom. The number of nitrogens with one attached hydrogen (secondary N) is 1. The zero-order valence-electron chi connectivity index (χ0n) is 12.7. The smallest absolute Gasteiger partial charge is 0.212 e. The van der Waals surface area contributed by atoms with Crippen molar-refractivity contribution < 1.29 is 8.42 Å². The highest BCUT2D eigenvalue weighted by Crippen LogP contribution is 2.17. The molecule has 0 bridgehead atoms. The van der Waals surface area contributed by atoms with Crippen molar-refractivity contribution in [2.75, 3.05) is 0 Å². The summed E-state index contributed by atoms with van der Waals surface area (Å²) in [6.07, 6.45) is 0.976. The first-order valence-corrected chi connectivity index (χ1v) is 9.67. The molecule has 1 atom stereocenters. The van der Waals surface area contributed by atoms with E-state index in [0.29, 0.717) is 0 Å². The van der Waals surface area contributed by atoms with Crippen LogP contribution in [-0.4, -0.2) is 8.42 Å². The molecule has 5 heteroatoms. The zero-order chi connectivity index (χ0) is 16.2. The van der Waals surface area contributed by atoms with Crippen molar-refractivity contribution >= 4 is 26.0 Å². The van der Waals surface area contributed by atoms with E-state index in [1.807, 2.05) is 55.5 Å². The molecule has 0 fully saturated rings. The molecule has 118 valence electrons. The standard InChI is InChI=1S/C17H20BrNO2S/c1-3-14-4-8-16(9-5-14)13(2)19-22(20,21)12-15-6-10-17(18)11-7-15/h4-11,13,19H,3,12H2,1-2H3/t13-/m0/s1. The molecular formula is C17H20BrNO2S. The molecule has 0 unspecified atom stereocenters. The highest BCUT2D eigenvalue weighted by molar-refractivity contribution is 9.10. The largest absolute Gasteiger partial charge is 0.216 e.